The first kappa shape index (κ1) is 15.0. The number of fused-ring (bicyclic) bond motifs is 1. The molecule has 3 unspecified atom stereocenters. The van der Waals surface area contributed by atoms with E-state index in [1.165, 1.54) is 23.3 Å². The lowest BCUT2D eigenvalue weighted by atomic mass is 9.79. The van der Waals surface area contributed by atoms with E-state index in [0.717, 1.165) is 38.6 Å². The maximum absolute atomic E-state index is 12.5. The van der Waals surface area contributed by atoms with Gasteiger partial charge in [0.05, 0.1) is 5.92 Å². The van der Waals surface area contributed by atoms with Gasteiger partial charge in [0.1, 0.15) is 0 Å². The highest BCUT2D eigenvalue weighted by atomic mass is 32.1. The van der Waals surface area contributed by atoms with Crippen LogP contribution in [0.3, 0.4) is 0 Å². The molecule has 1 saturated carbocycles. The van der Waals surface area contributed by atoms with Gasteiger partial charge in [-0.25, -0.2) is 0 Å². The van der Waals surface area contributed by atoms with Gasteiger partial charge in [0.2, 0.25) is 5.91 Å². The average Bonchev–Trinajstić information content (AvgIpc) is 3.01. The third-order valence-corrected chi connectivity index (χ3v) is 6.20. The van der Waals surface area contributed by atoms with E-state index < -0.39 is 0 Å². The van der Waals surface area contributed by atoms with Gasteiger partial charge in [-0.1, -0.05) is 12.8 Å². The summed E-state index contributed by atoms with van der Waals surface area (Å²) in [5.41, 5.74) is 1.26. The van der Waals surface area contributed by atoms with Gasteiger partial charge in [0.25, 0.3) is 0 Å². The van der Waals surface area contributed by atoms with Crippen molar-refractivity contribution in [3.63, 3.8) is 0 Å². The van der Waals surface area contributed by atoms with Crippen LogP contribution >= 0.6 is 11.3 Å². The van der Waals surface area contributed by atoms with Crippen LogP contribution in [0.1, 0.15) is 54.9 Å². The predicted octanol–water partition coefficient (Wildman–Crippen LogP) is 3.08. The summed E-state index contributed by atoms with van der Waals surface area (Å²) in [4.78, 5) is 13.9. The number of carbonyl (C=O) groups excluding carboxylic acids is 1. The normalized spacial score (nSPS) is 28.9. The summed E-state index contributed by atoms with van der Waals surface area (Å²) in [5, 5.41) is 14.7. The molecule has 0 aliphatic heterocycles. The molecule has 21 heavy (non-hydrogen) atoms. The van der Waals surface area contributed by atoms with Crippen molar-refractivity contribution in [2.24, 2.45) is 11.8 Å². The third-order valence-electron chi connectivity index (χ3n) is 5.21. The molecule has 3 rings (SSSR count). The Morgan fingerprint density at radius 2 is 2.05 bits per heavy atom. The molecule has 116 valence electrons. The van der Waals surface area contributed by atoms with Gasteiger partial charge in [0, 0.05) is 18.0 Å². The molecular formula is C17H25NO2S. The molecule has 1 aromatic heterocycles. The summed E-state index contributed by atoms with van der Waals surface area (Å²) in [7, 11) is 0. The zero-order valence-corrected chi connectivity index (χ0v) is 13.3. The van der Waals surface area contributed by atoms with Crippen LogP contribution in [0, 0.1) is 11.8 Å². The fourth-order valence-corrected chi connectivity index (χ4v) is 4.89. The molecule has 4 heteroatoms. The van der Waals surface area contributed by atoms with Crippen molar-refractivity contribution in [1.82, 2.24) is 5.32 Å². The van der Waals surface area contributed by atoms with Crippen molar-refractivity contribution in [3.05, 3.63) is 21.9 Å². The molecule has 0 bridgehead atoms. The molecular weight excluding hydrogens is 282 g/mol. The molecule has 2 aliphatic carbocycles. The molecule has 2 aliphatic rings. The second-order valence-corrected chi connectivity index (χ2v) is 7.48. The molecule has 0 spiro atoms. The maximum atomic E-state index is 12.5. The number of rotatable bonds is 4. The first-order valence-corrected chi connectivity index (χ1v) is 9.12. The number of thiophene rings is 1. The Morgan fingerprint density at radius 3 is 2.86 bits per heavy atom. The summed E-state index contributed by atoms with van der Waals surface area (Å²) in [6, 6.07) is 2.13. The highest BCUT2D eigenvalue weighted by Gasteiger charge is 2.29. The Balaban J connectivity index is 1.57. The van der Waals surface area contributed by atoms with E-state index in [-0.39, 0.29) is 18.4 Å². The molecule has 1 fully saturated rings. The lowest BCUT2D eigenvalue weighted by Gasteiger charge is -2.31. The highest BCUT2D eigenvalue weighted by Crippen LogP contribution is 2.35. The van der Waals surface area contributed by atoms with Gasteiger partial charge in [-0.2, -0.15) is 0 Å². The van der Waals surface area contributed by atoms with Crippen LogP contribution in [0.5, 0.6) is 0 Å². The molecule has 1 heterocycles. The minimum absolute atomic E-state index is 0.0520. The summed E-state index contributed by atoms with van der Waals surface area (Å²) < 4.78 is 0. The van der Waals surface area contributed by atoms with E-state index in [1.54, 1.807) is 11.3 Å². The zero-order valence-electron chi connectivity index (χ0n) is 12.5. The van der Waals surface area contributed by atoms with Crippen LogP contribution in [0.25, 0.3) is 0 Å². The van der Waals surface area contributed by atoms with Crippen molar-refractivity contribution in [3.8, 4) is 0 Å². The van der Waals surface area contributed by atoms with Crippen LogP contribution in [0.2, 0.25) is 0 Å². The fourth-order valence-electron chi connectivity index (χ4n) is 3.91. The molecule has 2 N–H and O–H groups in total. The summed E-state index contributed by atoms with van der Waals surface area (Å²) in [6.45, 7) is 0.999. The first-order chi connectivity index (χ1) is 10.3. The first-order valence-electron chi connectivity index (χ1n) is 8.24. The highest BCUT2D eigenvalue weighted by molar-refractivity contribution is 7.10. The summed E-state index contributed by atoms with van der Waals surface area (Å²) in [6.07, 6.45) is 7.92. The van der Waals surface area contributed by atoms with Gasteiger partial charge >= 0.3 is 0 Å². The molecule has 3 atom stereocenters. The number of carbonyl (C=O) groups is 1. The third kappa shape index (κ3) is 3.32. The van der Waals surface area contributed by atoms with Gasteiger partial charge in [-0.3, -0.25) is 4.79 Å². The van der Waals surface area contributed by atoms with Crippen molar-refractivity contribution in [2.75, 3.05) is 13.2 Å². The van der Waals surface area contributed by atoms with Gasteiger partial charge in [0.15, 0.2) is 0 Å². The van der Waals surface area contributed by atoms with E-state index in [4.69, 9.17) is 0 Å². The van der Waals surface area contributed by atoms with Gasteiger partial charge < -0.3 is 10.4 Å². The second-order valence-electron chi connectivity index (χ2n) is 6.48. The standard InChI is InChI=1S/C17H25NO2S/c19-11-13-5-2-1-4-12(13)10-18-17(20)15-6-3-7-16-14(15)8-9-21-16/h8-9,12-13,15,19H,1-7,10-11H2,(H,18,20). The van der Waals surface area contributed by atoms with Crippen LogP contribution in [-0.2, 0) is 11.2 Å². The van der Waals surface area contributed by atoms with E-state index in [1.807, 2.05) is 0 Å². The van der Waals surface area contributed by atoms with Crippen molar-refractivity contribution >= 4 is 17.2 Å². The monoisotopic (exact) mass is 307 g/mol. The van der Waals surface area contributed by atoms with Crippen LogP contribution in [0.15, 0.2) is 11.4 Å². The second kappa shape index (κ2) is 6.93. The topological polar surface area (TPSA) is 49.3 Å². The molecule has 0 aromatic carbocycles. The fraction of sp³-hybridized carbons (Fsp3) is 0.706. The minimum atomic E-state index is 0.0520. The molecule has 0 radical (unpaired) electrons. The average molecular weight is 307 g/mol. The maximum Gasteiger partial charge on any atom is 0.227 e. The Morgan fingerprint density at radius 1 is 1.24 bits per heavy atom. The number of hydrogen-bond acceptors (Lipinski definition) is 3. The van der Waals surface area contributed by atoms with Crippen LogP contribution < -0.4 is 5.32 Å². The Kier molecular flexibility index (Phi) is 4.96. The molecule has 0 saturated heterocycles. The number of aryl methyl sites for hydroxylation is 1. The van der Waals surface area contributed by atoms with Gasteiger partial charge in [-0.05, 0) is 60.9 Å². The van der Waals surface area contributed by atoms with E-state index >= 15 is 0 Å². The summed E-state index contributed by atoms with van der Waals surface area (Å²) in [5.74, 6) is 1.08. The van der Waals surface area contributed by atoms with Crippen molar-refractivity contribution < 1.29 is 9.90 Å². The number of hydrogen-bond donors (Lipinski definition) is 2. The van der Waals surface area contributed by atoms with Gasteiger partial charge in [-0.15, -0.1) is 11.3 Å². The van der Waals surface area contributed by atoms with Crippen molar-refractivity contribution in [1.29, 1.82) is 0 Å². The number of aliphatic hydroxyl groups is 1. The Hall–Kier alpha value is -0.870. The number of nitrogens with one attached hydrogen (secondary N) is 1. The largest absolute Gasteiger partial charge is 0.396 e. The lowest BCUT2D eigenvalue weighted by molar-refractivity contribution is -0.123. The number of amides is 1. The van der Waals surface area contributed by atoms with E-state index in [9.17, 15) is 9.90 Å². The molecule has 1 amide bonds. The zero-order chi connectivity index (χ0) is 14.7. The SMILES string of the molecule is O=C(NCC1CCCCC1CO)C1CCCc2sccc21. The van der Waals surface area contributed by atoms with Crippen LogP contribution in [-0.4, -0.2) is 24.2 Å². The van der Waals surface area contributed by atoms with Crippen molar-refractivity contribution in [2.45, 2.75) is 50.9 Å². The quantitative estimate of drug-likeness (QED) is 0.898. The lowest BCUT2D eigenvalue weighted by Crippen LogP contribution is -2.38. The Bertz CT molecular complexity index is 485. The predicted molar refractivity (Wildman–Crippen MR) is 85.5 cm³/mol. The smallest absolute Gasteiger partial charge is 0.227 e. The molecule has 3 nitrogen and oxygen atoms in total. The van der Waals surface area contributed by atoms with E-state index in [0.29, 0.717) is 11.8 Å². The molecule has 1 aromatic rings. The summed E-state index contributed by atoms with van der Waals surface area (Å²) >= 11 is 1.78. The number of aliphatic hydroxyl groups excluding tert-OH is 1. The van der Waals surface area contributed by atoms with Crippen LogP contribution in [0.4, 0.5) is 0 Å². The minimum Gasteiger partial charge on any atom is -0.396 e. The Labute approximate surface area is 130 Å². The van der Waals surface area contributed by atoms with E-state index in [2.05, 4.69) is 16.8 Å².